The lowest BCUT2D eigenvalue weighted by atomic mass is 10.3. The minimum Gasteiger partial charge on any atom is -0.383 e. The van der Waals surface area contributed by atoms with Crippen LogP contribution < -0.4 is 10.6 Å². The second-order valence-electron chi connectivity index (χ2n) is 6.12. The van der Waals surface area contributed by atoms with Gasteiger partial charge in [0, 0.05) is 32.0 Å². The standard InChI is InChI=1S/C20H22N4O3S/c1-14(25)21-15-7-9-16(10-8-15)22-19(26)13-28-20-23-17-5-3-4-6-18(17)24(20)11-12-27-2/h3-10H,11-13H2,1-2H3,(H,21,25)(H,22,26). The van der Waals surface area contributed by atoms with Crippen molar-refractivity contribution in [3.05, 3.63) is 48.5 Å². The van der Waals surface area contributed by atoms with Crippen molar-refractivity contribution >= 4 is 46.0 Å². The van der Waals surface area contributed by atoms with Gasteiger partial charge in [-0.2, -0.15) is 0 Å². The number of carbonyl (C=O) groups excluding carboxylic acids is 2. The first-order valence-electron chi connectivity index (χ1n) is 8.81. The second-order valence-corrected chi connectivity index (χ2v) is 7.07. The molecule has 0 aliphatic rings. The molecule has 0 fully saturated rings. The molecule has 0 unspecified atom stereocenters. The smallest absolute Gasteiger partial charge is 0.234 e. The predicted octanol–water partition coefficient (Wildman–Crippen LogP) is 3.37. The molecule has 0 saturated carbocycles. The van der Waals surface area contributed by atoms with E-state index in [0.29, 0.717) is 24.5 Å². The average molecular weight is 398 g/mol. The third-order valence-electron chi connectivity index (χ3n) is 3.96. The van der Waals surface area contributed by atoms with Gasteiger partial charge >= 0.3 is 0 Å². The fourth-order valence-corrected chi connectivity index (χ4v) is 3.57. The summed E-state index contributed by atoms with van der Waals surface area (Å²) in [6, 6.07) is 14.9. The summed E-state index contributed by atoms with van der Waals surface area (Å²) in [5.41, 5.74) is 3.28. The van der Waals surface area contributed by atoms with Gasteiger partial charge in [0.15, 0.2) is 5.16 Å². The predicted molar refractivity (Wildman–Crippen MR) is 112 cm³/mol. The number of imidazole rings is 1. The molecular formula is C20H22N4O3S. The maximum Gasteiger partial charge on any atom is 0.234 e. The van der Waals surface area contributed by atoms with Crippen molar-refractivity contribution in [2.24, 2.45) is 0 Å². The van der Waals surface area contributed by atoms with E-state index in [-0.39, 0.29) is 17.6 Å². The van der Waals surface area contributed by atoms with E-state index in [0.717, 1.165) is 16.2 Å². The Labute approximate surface area is 167 Å². The van der Waals surface area contributed by atoms with Crippen molar-refractivity contribution in [1.82, 2.24) is 9.55 Å². The van der Waals surface area contributed by atoms with E-state index in [1.54, 1.807) is 31.4 Å². The van der Waals surface area contributed by atoms with E-state index in [1.165, 1.54) is 18.7 Å². The monoisotopic (exact) mass is 398 g/mol. The van der Waals surface area contributed by atoms with Crippen molar-refractivity contribution in [2.75, 3.05) is 30.1 Å². The Morgan fingerprint density at radius 2 is 1.75 bits per heavy atom. The number of benzene rings is 2. The maximum atomic E-state index is 12.3. The Bertz CT molecular complexity index is 969. The fourth-order valence-electron chi connectivity index (χ4n) is 2.73. The molecule has 0 spiro atoms. The molecule has 0 bridgehead atoms. The van der Waals surface area contributed by atoms with E-state index < -0.39 is 0 Å². The highest BCUT2D eigenvalue weighted by molar-refractivity contribution is 7.99. The fraction of sp³-hybridized carbons (Fsp3) is 0.250. The molecule has 1 heterocycles. The summed E-state index contributed by atoms with van der Waals surface area (Å²) < 4.78 is 7.26. The number of para-hydroxylation sites is 2. The third kappa shape index (κ3) is 5.11. The van der Waals surface area contributed by atoms with Gasteiger partial charge in [0.1, 0.15) is 0 Å². The van der Waals surface area contributed by atoms with Gasteiger partial charge in [0.2, 0.25) is 11.8 Å². The molecule has 0 radical (unpaired) electrons. The number of rotatable bonds is 8. The SMILES string of the molecule is COCCn1c(SCC(=O)Nc2ccc(NC(C)=O)cc2)nc2ccccc21. The highest BCUT2D eigenvalue weighted by Crippen LogP contribution is 2.24. The zero-order valence-corrected chi connectivity index (χ0v) is 16.6. The van der Waals surface area contributed by atoms with Gasteiger partial charge in [0.05, 0.1) is 23.4 Å². The third-order valence-corrected chi connectivity index (χ3v) is 4.94. The molecule has 146 valence electrons. The summed E-state index contributed by atoms with van der Waals surface area (Å²) in [5, 5.41) is 6.33. The quantitative estimate of drug-likeness (QED) is 0.568. The molecule has 28 heavy (non-hydrogen) atoms. The van der Waals surface area contributed by atoms with Gasteiger partial charge < -0.3 is 19.9 Å². The zero-order chi connectivity index (χ0) is 19.9. The lowest BCUT2D eigenvalue weighted by Crippen LogP contribution is -2.15. The summed E-state index contributed by atoms with van der Waals surface area (Å²) in [4.78, 5) is 28.0. The number of amides is 2. The first kappa shape index (κ1) is 19.9. The molecule has 2 aromatic carbocycles. The summed E-state index contributed by atoms with van der Waals surface area (Å²) in [5.74, 6) is -0.0174. The van der Waals surface area contributed by atoms with Gasteiger partial charge in [-0.25, -0.2) is 4.98 Å². The van der Waals surface area contributed by atoms with Crippen LogP contribution in [0.15, 0.2) is 53.7 Å². The highest BCUT2D eigenvalue weighted by atomic mass is 32.2. The lowest BCUT2D eigenvalue weighted by Gasteiger charge is -2.09. The van der Waals surface area contributed by atoms with Crippen LogP contribution in [0, 0.1) is 0 Å². The van der Waals surface area contributed by atoms with E-state index in [2.05, 4.69) is 20.2 Å². The Hall–Kier alpha value is -2.84. The van der Waals surface area contributed by atoms with Crippen LogP contribution >= 0.6 is 11.8 Å². The van der Waals surface area contributed by atoms with Crippen LogP contribution in [0.4, 0.5) is 11.4 Å². The normalized spacial score (nSPS) is 10.8. The van der Waals surface area contributed by atoms with Crippen LogP contribution in [0.3, 0.4) is 0 Å². The Morgan fingerprint density at radius 1 is 1.07 bits per heavy atom. The lowest BCUT2D eigenvalue weighted by molar-refractivity contribution is -0.114. The van der Waals surface area contributed by atoms with Gasteiger partial charge in [-0.1, -0.05) is 23.9 Å². The minimum atomic E-state index is -0.135. The zero-order valence-electron chi connectivity index (χ0n) is 15.8. The number of fused-ring (bicyclic) bond motifs is 1. The number of ether oxygens (including phenoxy) is 1. The number of nitrogens with zero attached hydrogens (tertiary/aromatic N) is 2. The molecule has 8 heteroatoms. The van der Waals surface area contributed by atoms with Gasteiger partial charge in [0.25, 0.3) is 0 Å². The van der Waals surface area contributed by atoms with Crippen LogP contribution in [0.25, 0.3) is 11.0 Å². The summed E-state index contributed by atoms with van der Waals surface area (Å²) >= 11 is 1.39. The first-order chi connectivity index (χ1) is 13.6. The molecule has 7 nitrogen and oxygen atoms in total. The molecule has 2 amide bonds. The Balaban J connectivity index is 1.63. The van der Waals surface area contributed by atoms with Crippen molar-refractivity contribution in [3.63, 3.8) is 0 Å². The van der Waals surface area contributed by atoms with Crippen molar-refractivity contribution in [2.45, 2.75) is 18.6 Å². The number of thioether (sulfide) groups is 1. The Morgan fingerprint density at radius 3 is 2.43 bits per heavy atom. The number of hydrogen-bond acceptors (Lipinski definition) is 5. The summed E-state index contributed by atoms with van der Waals surface area (Å²) in [7, 11) is 1.66. The molecule has 3 rings (SSSR count). The molecule has 1 aromatic heterocycles. The highest BCUT2D eigenvalue weighted by Gasteiger charge is 2.13. The molecular weight excluding hydrogens is 376 g/mol. The van der Waals surface area contributed by atoms with Crippen LogP contribution in [-0.2, 0) is 20.9 Å². The first-order valence-corrected chi connectivity index (χ1v) is 9.80. The number of carbonyl (C=O) groups is 2. The maximum absolute atomic E-state index is 12.3. The summed E-state index contributed by atoms with van der Waals surface area (Å²) in [6.45, 7) is 2.69. The number of aromatic nitrogens is 2. The van der Waals surface area contributed by atoms with Crippen molar-refractivity contribution in [3.8, 4) is 0 Å². The molecule has 0 aliphatic carbocycles. The molecule has 0 atom stereocenters. The van der Waals surface area contributed by atoms with Crippen LogP contribution in [-0.4, -0.2) is 40.8 Å². The van der Waals surface area contributed by atoms with Gasteiger partial charge in [-0.05, 0) is 36.4 Å². The second kappa shape index (κ2) is 9.38. The van der Waals surface area contributed by atoms with E-state index in [4.69, 9.17) is 4.74 Å². The largest absolute Gasteiger partial charge is 0.383 e. The van der Waals surface area contributed by atoms with E-state index in [9.17, 15) is 9.59 Å². The van der Waals surface area contributed by atoms with Gasteiger partial charge in [-0.15, -0.1) is 0 Å². The average Bonchev–Trinajstić information content (AvgIpc) is 3.03. The number of methoxy groups -OCH3 is 1. The van der Waals surface area contributed by atoms with E-state index in [1.807, 2.05) is 24.3 Å². The number of anilines is 2. The molecule has 0 saturated heterocycles. The van der Waals surface area contributed by atoms with Crippen molar-refractivity contribution < 1.29 is 14.3 Å². The number of hydrogen-bond donors (Lipinski definition) is 2. The van der Waals surface area contributed by atoms with Crippen LogP contribution in [0.2, 0.25) is 0 Å². The molecule has 3 aromatic rings. The molecule has 2 N–H and O–H groups in total. The topological polar surface area (TPSA) is 85.2 Å². The summed E-state index contributed by atoms with van der Waals surface area (Å²) in [6.07, 6.45) is 0. The van der Waals surface area contributed by atoms with Crippen LogP contribution in [0.1, 0.15) is 6.92 Å². The Kier molecular flexibility index (Phi) is 6.67. The van der Waals surface area contributed by atoms with Crippen molar-refractivity contribution in [1.29, 1.82) is 0 Å². The van der Waals surface area contributed by atoms with Gasteiger partial charge in [-0.3, -0.25) is 9.59 Å². The van der Waals surface area contributed by atoms with Crippen LogP contribution in [0.5, 0.6) is 0 Å². The minimum absolute atomic E-state index is 0.123. The number of nitrogens with one attached hydrogen (secondary N) is 2. The van der Waals surface area contributed by atoms with E-state index >= 15 is 0 Å². The molecule has 0 aliphatic heterocycles.